The molecule has 1 unspecified atom stereocenters. The van der Waals surface area contributed by atoms with Crippen molar-refractivity contribution < 1.29 is 9.53 Å². The van der Waals surface area contributed by atoms with Crippen molar-refractivity contribution in [1.82, 2.24) is 29.8 Å². The van der Waals surface area contributed by atoms with Crippen LogP contribution in [0.3, 0.4) is 0 Å². The quantitative estimate of drug-likeness (QED) is 0.349. The van der Waals surface area contributed by atoms with E-state index in [0.29, 0.717) is 5.69 Å². The minimum Gasteiger partial charge on any atom is -0.456 e. The predicted octanol–water partition coefficient (Wildman–Crippen LogP) is 4.92. The van der Waals surface area contributed by atoms with Gasteiger partial charge in [-0.2, -0.15) is 0 Å². The SMILES string of the molecule is Cc1cccc(-c2[nH]cnc2-c2ccc3ncc(-c4ccc(C(=O)OC5CCN(C)C5)nc4)cc3c2)n1. The van der Waals surface area contributed by atoms with Crippen LogP contribution in [0.1, 0.15) is 22.6 Å². The average Bonchev–Trinajstić information content (AvgIpc) is 3.57. The van der Waals surface area contributed by atoms with E-state index in [0.717, 1.165) is 69.9 Å². The Morgan fingerprint density at radius 2 is 1.84 bits per heavy atom. The fourth-order valence-electron chi connectivity index (χ4n) is 4.72. The molecule has 8 heteroatoms. The molecule has 1 aromatic carbocycles. The Bertz CT molecular complexity index is 1590. The number of benzene rings is 1. The van der Waals surface area contributed by atoms with E-state index >= 15 is 0 Å². The number of nitrogens with one attached hydrogen (secondary N) is 1. The zero-order valence-corrected chi connectivity index (χ0v) is 20.7. The molecule has 0 saturated carbocycles. The molecule has 0 bridgehead atoms. The molecular formula is C29H26N6O2. The average molecular weight is 491 g/mol. The number of hydrogen-bond donors (Lipinski definition) is 1. The van der Waals surface area contributed by atoms with Gasteiger partial charge >= 0.3 is 5.97 Å². The summed E-state index contributed by atoms with van der Waals surface area (Å²) >= 11 is 0. The van der Waals surface area contributed by atoms with Crippen molar-refractivity contribution in [2.75, 3.05) is 20.1 Å². The second-order valence-corrected chi connectivity index (χ2v) is 9.43. The van der Waals surface area contributed by atoms with Crippen LogP contribution in [0.4, 0.5) is 0 Å². The molecule has 0 spiro atoms. The molecule has 1 aliphatic heterocycles. The van der Waals surface area contributed by atoms with Gasteiger partial charge in [0, 0.05) is 53.3 Å². The summed E-state index contributed by atoms with van der Waals surface area (Å²) in [5, 5.41) is 0.981. The number of likely N-dealkylation sites (tertiary alicyclic amines) is 1. The smallest absolute Gasteiger partial charge is 0.357 e. The van der Waals surface area contributed by atoms with E-state index < -0.39 is 0 Å². The summed E-state index contributed by atoms with van der Waals surface area (Å²) in [5.41, 5.74) is 7.47. The predicted molar refractivity (Wildman–Crippen MR) is 142 cm³/mol. The maximum absolute atomic E-state index is 12.5. The standard InChI is InChI=1S/C29H26N6O2/c1-18-4-3-5-25(34-18)28-27(32-17-33-28)19-6-8-24-21(12-19)13-22(15-30-24)20-7-9-26(31-14-20)29(36)37-23-10-11-35(2)16-23/h3-9,12-15,17,23H,10-11,16H2,1-2H3,(H,32,33). The molecular weight excluding hydrogens is 464 g/mol. The maximum atomic E-state index is 12.5. The van der Waals surface area contributed by atoms with Gasteiger partial charge in [-0.3, -0.25) is 9.97 Å². The molecule has 8 nitrogen and oxygen atoms in total. The van der Waals surface area contributed by atoms with Crippen molar-refractivity contribution in [3.63, 3.8) is 0 Å². The molecule has 1 saturated heterocycles. The summed E-state index contributed by atoms with van der Waals surface area (Å²) in [6.07, 6.45) is 5.99. The first-order chi connectivity index (χ1) is 18.0. The van der Waals surface area contributed by atoms with E-state index in [-0.39, 0.29) is 12.1 Å². The number of carbonyl (C=O) groups excluding carboxylic acids is 1. The lowest BCUT2D eigenvalue weighted by Crippen LogP contribution is -2.22. The van der Waals surface area contributed by atoms with E-state index in [1.165, 1.54) is 0 Å². The second-order valence-electron chi connectivity index (χ2n) is 9.43. The lowest BCUT2D eigenvalue weighted by Gasteiger charge is -2.12. The highest BCUT2D eigenvalue weighted by Gasteiger charge is 2.24. The molecule has 5 aromatic rings. The summed E-state index contributed by atoms with van der Waals surface area (Å²) < 4.78 is 5.60. The van der Waals surface area contributed by atoms with Crippen molar-refractivity contribution in [2.45, 2.75) is 19.4 Å². The number of hydrogen-bond acceptors (Lipinski definition) is 7. The molecule has 184 valence electrons. The van der Waals surface area contributed by atoms with E-state index in [2.05, 4.69) is 42.0 Å². The van der Waals surface area contributed by atoms with Crippen LogP contribution in [0.5, 0.6) is 0 Å². The fraction of sp³-hybridized carbons (Fsp3) is 0.207. The lowest BCUT2D eigenvalue weighted by molar-refractivity contribution is 0.0320. The molecule has 0 aliphatic carbocycles. The van der Waals surface area contributed by atoms with Gasteiger partial charge in [0.05, 0.1) is 28.9 Å². The number of H-pyrrole nitrogens is 1. The van der Waals surface area contributed by atoms with Crippen molar-refractivity contribution in [1.29, 1.82) is 0 Å². The van der Waals surface area contributed by atoms with Crippen LogP contribution < -0.4 is 0 Å². The number of aromatic nitrogens is 5. The second kappa shape index (κ2) is 9.55. The lowest BCUT2D eigenvalue weighted by atomic mass is 10.0. The zero-order chi connectivity index (χ0) is 25.4. The number of rotatable bonds is 5. The van der Waals surface area contributed by atoms with Crippen LogP contribution in [0.25, 0.3) is 44.7 Å². The first-order valence-corrected chi connectivity index (χ1v) is 12.3. The molecule has 0 radical (unpaired) electrons. The number of aryl methyl sites for hydroxylation is 1. The minimum atomic E-state index is -0.383. The minimum absolute atomic E-state index is 0.0745. The normalized spacial score (nSPS) is 15.8. The largest absolute Gasteiger partial charge is 0.456 e. The molecule has 5 heterocycles. The third-order valence-corrected chi connectivity index (χ3v) is 6.67. The third-order valence-electron chi connectivity index (χ3n) is 6.67. The third kappa shape index (κ3) is 4.71. The number of fused-ring (bicyclic) bond motifs is 1. The van der Waals surface area contributed by atoms with Gasteiger partial charge in [-0.05, 0) is 56.8 Å². The van der Waals surface area contributed by atoms with E-state index in [4.69, 9.17) is 4.74 Å². The highest BCUT2D eigenvalue weighted by molar-refractivity contribution is 5.90. The molecule has 1 N–H and O–H groups in total. The van der Waals surface area contributed by atoms with Gasteiger partial charge < -0.3 is 14.6 Å². The van der Waals surface area contributed by atoms with Crippen molar-refractivity contribution in [2.24, 2.45) is 0 Å². The van der Waals surface area contributed by atoms with Gasteiger partial charge in [0.2, 0.25) is 0 Å². The Hall–Kier alpha value is -4.43. The summed E-state index contributed by atoms with van der Waals surface area (Å²) in [7, 11) is 2.02. The number of nitrogens with zero attached hydrogens (tertiary/aromatic N) is 5. The first kappa shape index (κ1) is 23.0. The van der Waals surface area contributed by atoms with E-state index in [9.17, 15) is 4.79 Å². The number of pyridine rings is 3. The summed E-state index contributed by atoms with van der Waals surface area (Å²) in [6.45, 7) is 3.67. The zero-order valence-electron chi connectivity index (χ0n) is 20.7. The number of ether oxygens (including phenoxy) is 1. The van der Waals surface area contributed by atoms with Gasteiger partial charge in [0.1, 0.15) is 11.8 Å². The van der Waals surface area contributed by atoms with Gasteiger partial charge in [-0.25, -0.2) is 14.8 Å². The molecule has 6 rings (SSSR count). The van der Waals surface area contributed by atoms with Crippen LogP contribution in [0.15, 0.2) is 73.3 Å². The van der Waals surface area contributed by atoms with Gasteiger partial charge in [0.25, 0.3) is 0 Å². The van der Waals surface area contributed by atoms with E-state index in [1.807, 2.05) is 56.6 Å². The van der Waals surface area contributed by atoms with Crippen LogP contribution in [-0.2, 0) is 4.74 Å². The topological polar surface area (TPSA) is 96.9 Å². The van der Waals surface area contributed by atoms with E-state index in [1.54, 1.807) is 18.6 Å². The van der Waals surface area contributed by atoms with Gasteiger partial charge in [0.15, 0.2) is 0 Å². The molecule has 0 amide bonds. The van der Waals surface area contributed by atoms with Gasteiger partial charge in [-0.1, -0.05) is 18.2 Å². The summed E-state index contributed by atoms with van der Waals surface area (Å²) in [6, 6.07) is 17.7. The van der Waals surface area contributed by atoms with Crippen molar-refractivity contribution in [3.05, 3.63) is 84.7 Å². The van der Waals surface area contributed by atoms with Crippen LogP contribution >= 0.6 is 0 Å². The number of carbonyl (C=O) groups is 1. The number of likely N-dealkylation sites (N-methyl/N-ethyl adjacent to an activating group) is 1. The Labute approximate surface area is 214 Å². The molecule has 1 atom stereocenters. The Morgan fingerprint density at radius 3 is 2.62 bits per heavy atom. The fourth-order valence-corrected chi connectivity index (χ4v) is 4.72. The highest BCUT2D eigenvalue weighted by atomic mass is 16.5. The molecule has 1 aliphatic rings. The number of imidazole rings is 1. The molecule has 4 aromatic heterocycles. The first-order valence-electron chi connectivity index (χ1n) is 12.3. The Kier molecular flexibility index (Phi) is 5.94. The van der Waals surface area contributed by atoms with Crippen LogP contribution in [-0.4, -0.2) is 62.0 Å². The summed E-state index contributed by atoms with van der Waals surface area (Å²) in [5.74, 6) is -0.383. The highest BCUT2D eigenvalue weighted by Crippen LogP contribution is 2.31. The summed E-state index contributed by atoms with van der Waals surface area (Å²) in [4.78, 5) is 36.1. The molecule has 1 fully saturated rings. The van der Waals surface area contributed by atoms with Crippen molar-refractivity contribution in [3.8, 4) is 33.8 Å². The number of aromatic amines is 1. The number of esters is 1. The maximum Gasteiger partial charge on any atom is 0.357 e. The molecule has 37 heavy (non-hydrogen) atoms. The van der Waals surface area contributed by atoms with Crippen LogP contribution in [0.2, 0.25) is 0 Å². The van der Waals surface area contributed by atoms with Crippen molar-refractivity contribution >= 4 is 16.9 Å². The van der Waals surface area contributed by atoms with Crippen LogP contribution in [0, 0.1) is 6.92 Å². The van der Waals surface area contributed by atoms with Gasteiger partial charge in [-0.15, -0.1) is 0 Å². The monoisotopic (exact) mass is 490 g/mol. The Balaban J connectivity index is 1.27. The Morgan fingerprint density at radius 1 is 1.00 bits per heavy atom.